The van der Waals surface area contributed by atoms with Crippen molar-refractivity contribution >= 4 is 22.5 Å². The fourth-order valence-electron chi connectivity index (χ4n) is 2.20. The first-order chi connectivity index (χ1) is 10.5. The topological polar surface area (TPSA) is 98.3 Å². The average Bonchev–Trinajstić information content (AvgIpc) is 2.51. The van der Waals surface area contributed by atoms with Gasteiger partial charge in [-0.25, -0.2) is 4.98 Å². The predicted octanol–water partition coefficient (Wildman–Crippen LogP) is 1.17. The van der Waals surface area contributed by atoms with Gasteiger partial charge in [0.25, 0.3) is 11.2 Å². The number of benzene rings is 1. The summed E-state index contributed by atoms with van der Waals surface area (Å²) in [6, 6.07) is 3.90. The molecule has 0 aliphatic heterocycles. The minimum absolute atomic E-state index is 0.129. The molecule has 0 aliphatic carbocycles. The van der Waals surface area contributed by atoms with Crippen LogP contribution in [-0.4, -0.2) is 38.4 Å². The molecule has 1 amide bonds. The first kappa shape index (κ1) is 15.6. The SMILES string of the molecule is CCN(CC)C(=O)Cn1cnc2ccc([N+](=O)[O-])cc2c1=O. The number of aromatic nitrogens is 2. The van der Waals surface area contributed by atoms with Crippen molar-refractivity contribution in [3.63, 3.8) is 0 Å². The van der Waals surface area contributed by atoms with Gasteiger partial charge in [-0.15, -0.1) is 0 Å². The molecule has 0 aliphatic rings. The van der Waals surface area contributed by atoms with E-state index in [-0.39, 0.29) is 23.5 Å². The van der Waals surface area contributed by atoms with E-state index < -0.39 is 10.5 Å². The van der Waals surface area contributed by atoms with Crippen molar-refractivity contribution in [3.8, 4) is 0 Å². The number of rotatable bonds is 5. The van der Waals surface area contributed by atoms with Gasteiger partial charge < -0.3 is 4.90 Å². The molecule has 0 bridgehead atoms. The van der Waals surface area contributed by atoms with Crippen LogP contribution in [0.1, 0.15) is 13.8 Å². The van der Waals surface area contributed by atoms with Gasteiger partial charge in [0.2, 0.25) is 5.91 Å². The van der Waals surface area contributed by atoms with Gasteiger partial charge in [-0.05, 0) is 19.9 Å². The maximum Gasteiger partial charge on any atom is 0.270 e. The molecule has 0 saturated heterocycles. The van der Waals surface area contributed by atoms with Crippen molar-refractivity contribution < 1.29 is 9.72 Å². The predicted molar refractivity (Wildman–Crippen MR) is 80.6 cm³/mol. The monoisotopic (exact) mass is 304 g/mol. The van der Waals surface area contributed by atoms with Crippen molar-refractivity contribution in [2.75, 3.05) is 13.1 Å². The van der Waals surface area contributed by atoms with Gasteiger partial charge in [-0.2, -0.15) is 0 Å². The van der Waals surface area contributed by atoms with Crippen LogP contribution in [0.3, 0.4) is 0 Å². The van der Waals surface area contributed by atoms with Crippen molar-refractivity contribution in [2.24, 2.45) is 0 Å². The van der Waals surface area contributed by atoms with Gasteiger partial charge in [-0.3, -0.25) is 24.3 Å². The van der Waals surface area contributed by atoms with Crippen molar-refractivity contribution in [3.05, 3.63) is 45.0 Å². The van der Waals surface area contributed by atoms with Crippen LogP contribution < -0.4 is 5.56 Å². The summed E-state index contributed by atoms with van der Waals surface area (Å²) < 4.78 is 1.17. The Morgan fingerprint density at radius 2 is 2.05 bits per heavy atom. The van der Waals surface area contributed by atoms with Crippen molar-refractivity contribution in [1.29, 1.82) is 0 Å². The van der Waals surface area contributed by atoms with Crippen LogP contribution in [0.5, 0.6) is 0 Å². The Bertz CT molecular complexity index is 780. The lowest BCUT2D eigenvalue weighted by Crippen LogP contribution is -2.36. The summed E-state index contributed by atoms with van der Waals surface area (Å²) in [5.41, 5.74) is -0.282. The van der Waals surface area contributed by atoms with Crippen molar-refractivity contribution in [1.82, 2.24) is 14.5 Å². The van der Waals surface area contributed by atoms with E-state index in [1.54, 1.807) is 4.90 Å². The number of likely N-dealkylation sites (N-methyl/N-ethyl adjacent to an activating group) is 1. The second-order valence-electron chi connectivity index (χ2n) is 4.70. The smallest absolute Gasteiger partial charge is 0.270 e. The molecule has 0 spiro atoms. The molecule has 0 unspecified atom stereocenters. The Morgan fingerprint density at radius 3 is 2.64 bits per heavy atom. The average molecular weight is 304 g/mol. The highest BCUT2D eigenvalue weighted by Gasteiger charge is 2.14. The molecule has 8 nitrogen and oxygen atoms in total. The second kappa shape index (κ2) is 6.33. The second-order valence-corrected chi connectivity index (χ2v) is 4.70. The summed E-state index contributed by atoms with van der Waals surface area (Å²) in [4.78, 5) is 40.3. The zero-order valence-corrected chi connectivity index (χ0v) is 12.4. The maximum atomic E-state index is 12.4. The fourth-order valence-corrected chi connectivity index (χ4v) is 2.20. The summed E-state index contributed by atoms with van der Waals surface area (Å²) in [6.07, 6.45) is 1.29. The molecule has 0 fully saturated rings. The summed E-state index contributed by atoms with van der Waals surface area (Å²) in [7, 11) is 0. The Balaban J connectivity index is 2.44. The van der Waals surface area contributed by atoms with Gasteiger partial charge in [0.05, 0.1) is 22.2 Å². The highest BCUT2D eigenvalue weighted by atomic mass is 16.6. The molecule has 2 aromatic rings. The number of fused-ring (bicyclic) bond motifs is 1. The number of carbonyl (C=O) groups excluding carboxylic acids is 1. The number of hydrogen-bond acceptors (Lipinski definition) is 5. The van der Waals surface area contributed by atoms with Crippen LogP contribution in [0.4, 0.5) is 5.69 Å². The third-order valence-corrected chi connectivity index (χ3v) is 3.44. The zero-order chi connectivity index (χ0) is 16.3. The molecule has 1 heterocycles. The Kier molecular flexibility index (Phi) is 4.50. The van der Waals surface area contributed by atoms with E-state index in [9.17, 15) is 19.7 Å². The molecule has 2 rings (SSSR count). The Morgan fingerprint density at radius 1 is 1.36 bits per heavy atom. The first-order valence-electron chi connectivity index (χ1n) is 6.89. The third-order valence-electron chi connectivity index (χ3n) is 3.44. The minimum Gasteiger partial charge on any atom is -0.342 e. The summed E-state index contributed by atoms with van der Waals surface area (Å²) in [6.45, 7) is 4.68. The van der Waals surface area contributed by atoms with E-state index in [1.807, 2.05) is 13.8 Å². The molecule has 1 aromatic heterocycles. The molecule has 116 valence electrons. The molecule has 1 aromatic carbocycles. The van der Waals surface area contributed by atoms with Gasteiger partial charge in [-0.1, -0.05) is 0 Å². The molecular formula is C14H16N4O4. The fraction of sp³-hybridized carbons (Fsp3) is 0.357. The molecular weight excluding hydrogens is 288 g/mol. The van der Waals surface area contributed by atoms with E-state index in [2.05, 4.69) is 4.98 Å². The molecule has 8 heteroatoms. The van der Waals surface area contributed by atoms with Gasteiger partial charge in [0.1, 0.15) is 6.54 Å². The molecule has 0 atom stereocenters. The van der Waals surface area contributed by atoms with Crippen LogP contribution in [-0.2, 0) is 11.3 Å². The number of carbonyl (C=O) groups is 1. The van der Waals surface area contributed by atoms with Gasteiger partial charge in [0.15, 0.2) is 0 Å². The van der Waals surface area contributed by atoms with Gasteiger partial charge in [0, 0.05) is 25.2 Å². The molecule has 0 N–H and O–H groups in total. The summed E-state index contributed by atoms with van der Waals surface area (Å²) >= 11 is 0. The normalized spacial score (nSPS) is 10.6. The highest BCUT2D eigenvalue weighted by molar-refractivity contribution is 5.80. The van der Waals surface area contributed by atoms with E-state index in [0.717, 1.165) is 0 Å². The van der Waals surface area contributed by atoms with Crippen LogP contribution in [0.2, 0.25) is 0 Å². The highest BCUT2D eigenvalue weighted by Crippen LogP contribution is 2.16. The standard InChI is InChI=1S/C14H16N4O4/c1-3-16(4-2)13(19)8-17-9-15-12-6-5-10(18(21)22)7-11(12)14(17)20/h5-7,9H,3-4,8H2,1-2H3. The lowest BCUT2D eigenvalue weighted by Gasteiger charge is -2.19. The number of amides is 1. The van der Waals surface area contributed by atoms with E-state index in [1.165, 1.54) is 29.1 Å². The van der Waals surface area contributed by atoms with Crippen molar-refractivity contribution in [2.45, 2.75) is 20.4 Å². The van der Waals surface area contributed by atoms with Crippen LogP contribution in [0.25, 0.3) is 10.9 Å². The molecule has 22 heavy (non-hydrogen) atoms. The lowest BCUT2D eigenvalue weighted by atomic mass is 10.2. The largest absolute Gasteiger partial charge is 0.342 e. The number of nitro groups is 1. The van der Waals surface area contributed by atoms with E-state index >= 15 is 0 Å². The van der Waals surface area contributed by atoms with Crippen LogP contribution >= 0.6 is 0 Å². The van der Waals surface area contributed by atoms with E-state index in [4.69, 9.17) is 0 Å². The Hall–Kier alpha value is -2.77. The quantitative estimate of drug-likeness (QED) is 0.610. The number of nitro benzene ring substituents is 1. The van der Waals surface area contributed by atoms with E-state index in [0.29, 0.717) is 18.6 Å². The molecule has 0 saturated carbocycles. The zero-order valence-electron chi connectivity index (χ0n) is 12.4. The number of non-ortho nitro benzene ring substituents is 1. The molecule has 0 radical (unpaired) electrons. The third kappa shape index (κ3) is 2.95. The Labute approximate surface area is 126 Å². The number of nitrogens with zero attached hydrogens (tertiary/aromatic N) is 4. The summed E-state index contributed by atoms with van der Waals surface area (Å²) in [5, 5.41) is 10.9. The van der Waals surface area contributed by atoms with Crippen LogP contribution in [0.15, 0.2) is 29.3 Å². The summed E-state index contributed by atoms with van der Waals surface area (Å²) in [5.74, 6) is -0.196. The first-order valence-corrected chi connectivity index (χ1v) is 6.89. The maximum absolute atomic E-state index is 12.4. The lowest BCUT2D eigenvalue weighted by molar-refractivity contribution is -0.384. The minimum atomic E-state index is -0.572. The van der Waals surface area contributed by atoms with Crippen LogP contribution in [0, 0.1) is 10.1 Å². The van der Waals surface area contributed by atoms with Gasteiger partial charge >= 0.3 is 0 Å². The number of hydrogen-bond donors (Lipinski definition) is 0.